The van der Waals surface area contributed by atoms with Crippen molar-refractivity contribution in [2.45, 2.75) is 352 Å². The molecule has 4 fully saturated rings. The minimum absolute atomic E-state index is 0.0510. The molecule has 0 aromatic carbocycles. The highest BCUT2D eigenvalue weighted by atomic mass is 35.6. The molecule has 22 atom stereocenters. The summed E-state index contributed by atoms with van der Waals surface area (Å²) in [6.07, 6.45) is -5.65. The number of carboxylic acids is 1. The van der Waals surface area contributed by atoms with Crippen LogP contribution in [0.4, 0.5) is 4.79 Å². The number of ether oxygens (including phenoxy) is 11. The lowest BCUT2D eigenvalue weighted by Gasteiger charge is -2.51. The van der Waals surface area contributed by atoms with Crippen LogP contribution in [0.3, 0.4) is 0 Å². The second-order valence-corrected chi connectivity index (χ2v) is 29.2. The fraction of sp³-hybridized carbons (Fsp3) is 0.955. The number of alkyl carbamates (subject to hydrolysis) is 1. The van der Waals surface area contributed by atoms with E-state index in [1.165, 1.54) is 129 Å². The molecule has 0 saturated carbocycles. The van der Waals surface area contributed by atoms with Gasteiger partial charge in [-0.15, -0.1) is 0 Å². The summed E-state index contributed by atoms with van der Waals surface area (Å²) in [7, 11) is 0. The number of aliphatic hydroxyl groups excluding tert-OH is 11. The summed E-state index contributed by atoms with van der Waals surface area (Å²) >= 11 is 18.0. The number of halogens is 3. The summed E-state index contributed by atoms with van der Waals surface area (Å²) in [4.78, 5) is 39.6. The number of hydrogen-bond acceptors (Lipinski definition) is 25. The van der Waals surface area contributed by atoms with Gasteiger partial charge in [-0.05, 0) is 19.8 Å². The second kappa shape index (κ2) is 48.4. The zero-order valence-corrected chi connectivity index (χ0v) is 60.3. The maximum absolute atomic E-state index is 13.9. The molecule has 0 spiro atoms. The molecule has 4 rings (SSSR count). The zero-order valence-electron chi connectivity index (χ0n) is 58.0. The van der Waals surface area contributed by atoms with Gasteiger partial charge in [0.05, 0.1) is 51.3 Å². The van der Waals surface area contributed by atoms with Crippen LogP contribution in [-0.2, 0) is 61.7 Å². The molecule has 0 aliphatic carbocycles. The largest absolute Gasteiger partial charge is 0.477 e. The van der Waals surface area contributed by atoms with Crippen LogP contribution in [0.1, 0.15) is 214 Å². The van der Waals surface area contributed by atoms with Crippen molar-refractivity contribution in [2.75, 3.05) is 52.9 Å². The normalized spacial score (nSPS) is 31.7. The summed E-state index contributed by atoms with van der Waals surface area (Å²) in [5.41, 5.74) is 0. The monoisotopic (exact) mass is 1470 g/mol. The van der Waals surface area contributed by atoms with Crippen LogP contribution in [0, 0.1) is 0 Å². The Morgan fingerprint density at radius 3 is 1.55 bits per heavy atom. The van der Waals surface area contributed by atoms with E-state index < -0.39 is 189 Å². The highest BCUT2D eigenvalue weighted by molar-refractivity contribution is 6.67. The van der Waals surface area contributed by atoms with Crippen LogP contribution in [0.2, 0.25) is 0 Å². The summed E-state index contributed by atoms with van der Waals surface area (Å²) in [6.45, 7) is 3.27. The van der Waals surface area contributed by atoms with Gasteiger partial charge >= 0.3 is 12.1 Å². The average Bonchev–Trinajstić information content (AvgIpc) is 0.749. The highest BCUT2D eigenvalue weighted by Crippen LogP contribution is 2.40. The Kier molecular flexibility index (Phi) is 43.7. The second-order valence-electron chi connectivity index (χ2n) is 26.7. The van der Waals surface area contributed by atoms with E-state index in [1.54, 1.807) is 0 Å². The van der Waals surface area contributed by atoms with Crippen molar-refractivity contribution in [3.63, 3.8) is 0 Å². The van der Waals surface area contributed by atoms with Crippen molar-refractivity contribution in [3.05, 3.63) is 0 Å². The van der Waals surface area contributed by atoms with Crippen LogP contribution < -0.4 is 10.6 Å². The van der Waals surface area contributed by atoms with E-state index in [1.807, 2.05) is 0 Å². The van der Waals surface area contributed by atoms with E-state index in [-0.39, 0.29) is 13.2 Å². The minimum atomic E-state index is -3.19. The quantitative estimate of drug-likeness (QED) is 0.0277. The van der Waals surface area contributed by atoms with Gasteiger partial charge in [-0.2, -0.15) is 0 Å². The van der Waals surface area contributed by atoms with Gasteiger partial charge in [0.15, 0.2) is 18.9 Å². The van der Waals surface area contributed by atoms with E-state index in [0.717, 1.165) is 64.7 Å². The Hall–Kier alpha value is -1.76. The number of hydrogen-bond donors (Lipinski definition) is 14. The molecule has 0 radical (unpaired) electrons. The third-order valence-corrected chi connectivity index (χ3v) is 18.8. The number of rotatable bonds is 51. The number of unbranched alkanes of at least 4 members (excludes halogenated alkanes) is 26. The van der Waals surface area contributed by atoms with E-state index in [2.05, 4.69) is 24.5 Å². The van der Waals surface area contributed by atoms with Gasteiger partial charge in [-0.3, -0.25) is 4.79 Å². The van der Waals surface area contributed by atoms with Gasteiger partial charge in [-0.1, -0.05) is 216 Å². The number of carbonyl (C=O) groups excluding carboxylic acids is 2. The number of carboxylic acid groups (broad SMARTS) is 1. The Bertz CT molecular complexity index is 2140. The Morgan fingerprint density at radius 2 is 1.06 bits per heavy atom. The van der Waals surface area contributed by atoms with E-state index in [0.29, 0.717) is 13.2 Å². The molecule has 28 nitrogen and oxygen atoms in total. The predicted molar refractivity (Wildman–Crippen MR) is 359 cm³/mol. The molecule has 0 aromatic rings. The molecule has 2 amide bonds. The van der Waals surface area contributed by atoms with Crippen LogP contribution in [-0.4, -0.2) is 270 Å². The molecule has 14 N–H and O–H groups in total. The summed E-state index contributed by atoms with van der Waals surface area (Å²) < 4.78 is 64.9. The first-order valence-corrected chi connectivity index (χ1v) is 37.2. The summed E-state index contributed by atoms with van der Waals surface area (Å²) in [5.74, 6) is -6.03. The minimum Gasteiger partial charge on any atom is -0.477 e. The number of amides is 2. The topological polar surface area (TPSA) is 420 Å². The van der Waals surface area contributed by atoms with Gasteiger partial charge in [0.2, 0.25) is 9.70 Å². The highest BCUT2D eigenvalue weighted by Gasteiger charge is 2.61. The molecular formula is C67H121Cl3N2O26. The number of aliphatic hydroxyl groups is 11. The third-order valence-electron chi connectivity index (χ3n) is 18.4. The molecule has 31 heteroatoms. The van der Waals surface area contributed by atoms with Crippen LogP contribution in [0.5, 0.6) is 0 Å². The van der Waals surface area contributed by atoms with Crippen LogP contribution in [0.15, 0.2) is 0 Å². The lowest BCUT2D eigenvalue weighted by molar-refractivity contribution is -0.391. The van der Waals surface area contributed by atoms with Gasteiger partial charge in [0.1, 0.15) is 98.1 Å². The Labute approximate surface area is 593 Å². The Balaban J connectivity index is 1.64. The maximum Gasteiger partial charge on any atom is 0.407 e. The van der Waals surface area contributed by atoms with Crippen molar-refractivity contribution in [3.8, 4) is 0 Å². The van der Waals surface area contributed by atoms with Crippen molar-refractivity contribution in [1.29, 1.82) is 0 Å². The molecule has 0 aromatic heterocycles. The van der Waals surface area contributed by atoms with Crippen molar-refractivity contribution in [2.24, 2.45) is 0 Å². The number of aliphatic carboxylic acids is 1. The number of alkyl halides is 3. The van der Waals surface area contributed by atoms with Gasteiger partial charge in [0, 0.05) is 26.6 Å². The van der Waals surface area contributed by atoms with Gasteiger partial charge in [-0.25, -0.2) is 9.59 Å². The molecule has 4 saturated heterocycles. The fourth-order valence-electron chi connectivity index (χ4n) is 12.7. The lowest BCUT2D eigenvalue weighted by atomic mass is 9.88. The third kappa shape index (κ3) is 30.7. The first-order valence-electron chi connectivity index (χ1n) is 36.1. The molecule has 1 unspecified atom stereocenters. The fourth-order valence-corrected chi connectivity index (χ4v) is 12.9. The average molecular weight is 1480 g/mol. The predicted octanol–water partition coefficient (Wildman–Crippen LogP) is 5.12. The Morgan fingerprint density at radius 1 is 0.571 bits per heavy atom. The SMILES string of the molecule is CCCCCCCCCCCCCCCCOCC(CO[C@@H]1O[C@H](CO)[C@@H](O[C@@H]2O[C@H](CO)[C@H](O)[C@H](O[C@]3(C(=O)O)C[C@H](O)[C@@H](NC(C)=O)[C@H]([C@H](O)[C@H](O)CO)O3)[C@H]2O)[C@H](O[C@@H]2O[C@@H](C)[C@@H](O)[C@@H](O)[C@@H]2O)[C@H]1NC(=O)OCC(Cl)(Cl)Cl)OCCCCCCCCCCCCCCCC. The standard InChI is InChI=1S/C67H121Cl3N2O26/c1-5-7-9-11-13-15-17-19-21-23-25-27-29-31-33-88-39-44(89-34-32-30-28-26-24-22-20-18-16-14-12-10-8-6-2)40-90-61-50(72-65(87)91-41-67(68,69)70)59(96-62-55(83)54(82)51(79)42(3)92-62)57(48(38-75)94-61)95-63-56(84)60(53(81)47(37-74)93-63)98-66(64(85)86)35-45(77)49(71-43(4)76)58(97-66)52(80)46(78)36-73/h42,44-63,73-75,77-84H,5-41H2,1-4H3,(H,71,76)(H,72,87)(H,85,86)/t42-,44?,45-,46+,47+,48+,49+,50+,51+,52+,53-,54+,55-,56+,57+,58+,59+,60-,61+,62-,63-,66-/m0/s1. The lowest BCUT2D eigenvalue weighted by Crippen LogP contribution is -2.71. The van der Waals surface area contributed by atoms with Crippen LogP contribution in [0.25, 0.3) is 0 Å². The van der Waals surface area contributed by atoms with Crippen molar-refractivity contribution in [1.82, 2.24) is 10.6 Å². The first kappa shape index (κ1) is 88.6. The van der Waals surface area contributed by atoms with Gasteiger partial charge in [0.25, 0.3) is 5.79 Å². The molecule has 4 aliphatic rings. The van der Waals surface area contributed by atoms with E-state index in [4.69, 9.17) is 86.9 Å². The van der Waals surface area contributed by atoms with E-state index >= 15 is 0 Å². The zero-order chi connectivity index (χ0) is 72.2. The molecule has 576 valence electrons. The van der Waals surface area contributed by atoms with Crippen LogP contribution >= 0.6 is 34.8 Å². The first-order chi connectivity index (χ1) is 46.9. The smallest absolute Gasteiger partial charge is 0.407 e. The summed E-state index contributed by atoms with van der Waals surface area (Å²) in [5, 5.41) is 137. The van der Waals surface area contributed by atoms with E-state index in [9.17, 15) is 75.7 Å². The molecular weight excluding hydrogens is 1360 g/mol. The molecule has 4 aliphatic heterocycles. The van der Waals surface area contributed by atoms with Gasteiger partial charge < -0.3 is 124 Å². The molecule has 98 heavy (non-hydrogen) atoms. The summed E-state index contributed by atoms with van der Waals surface area (Å²) in [6, 6.07) is -3.41. The van der Waals surface area contributed by atoms with Crippen molar-refractivity contribution < 1.29 is 128 Å². The number of carbonyl (C=O) groups is 3. The maximum atomic E-state index is 13.9. The number of nitrogens with one attached hydrogen (secondary N) is 2. The molecule has 4 heterocycles. The molecule has 0 bridgehead atoms. The van der Waals surface area contributed by atoms with Crippen molar-refractivity contribution >= 4 is 52.8 Å².